The number of nitro benzene ring substituents is 1. The lowest BCUT2D eigenvalue weighted by Gasteiger charge is -2.08. The smallest absolute Gasteiger partial charge is 0.270 e. The SMILES string of the molecule is O=[N+]([O-])c1ccc(OCc2cccc(F)c2)c(I)c1. The summed E-state index contributed by atoms with van der Waals surface area (Å²) in [6, 6.07) is 10.5. The summed E-state index contributed by atoms with van der Waals surface area (Å²) in [5, 5.41) is 10.6. The van der Waals surface area contributed by atoms with Gasteiger partial charge in [-0.3, -0.25) is 10.1 Å². The van der Waals surface area contributed by atoms with E-state index in [0.29, 0.717) is 14.9 Å². The van der Waals surface area contributed by atoms with Crippen molar-refractivity contribution >= 4 is 28.3 Å². The number of hydrogen-bond donors (Lipinski definition) is 0. The third-order valence-corrected chi connectivity index (χ3v) is 3.25. The summed E-state index contributed by atoms with van der Waals surface area (Å²) in [7, 11) is 0. The third-order valence-electron chi connectivity index (χ3n) is 2.41. The molecule has 0 bridgehead atoms. The van der Waals surface area contributed by atoms with Gasteiger partial charge in [-0.05, 0) is 46.4 Å². The van der Waals surface area contributed by atoms with Crippen LogP contribution in [0.2, 0.25) is 0 Å². The van der Waals surface area contributed by atoms with Gasteiger partial charge < -0.3 is 4.74 Å². The van der Waals surface area contributed by atoms with Crippen LogP contribution in [0.4, 0.5) is 10.1 Å². The summed E-state index contributed by atoms with van der Waals surface area (Å²) < 4.78 is 19.1. The molecule has 0 amide bonds. The highest BCUT2D eigenvalue weighted by atomic mass is 127. The lowest BCUT2D eigenvalue weighted by Crippen LogP contribution is -1.98. The Morgan fingerprint density at radius 3 is 2.68 bits per heavy atom. The monoisotopic (exact) mass is 373 g/mol. The van der Waals surface area contributed by atoms with Crippen LogP contribution in [-0.2, 0) is 6.61 Å². The maximum atomic E-state index is 13.0. The van der Waals surface area contributed by atoms with E-state index in [2.05, 4.69) is 0 Å². The van der Waals surface area contributed by atoms with Crippen LogP contribution in [0.1, 0.15) is 5.56 Å². The lowest BCUT2D eigenvalue weighted by atomic mass is 10.2. The first-order valence-electron chi connectivity index (χ1n) is 5.37. The van der Waals surface area contributed by atoms with E-state index in [-0.39, 0.29) is 18.1 Å². The molecule has 0 aliphatic heterocycles. The van der Waals surface area contributed by atoms with Gasteiger partial charge in [0, 0.05) is 12.1 Å². The van der Waals surface area contributed by atoms with Crippen molar-refractivity contribution in [3.8, 4) is 5.75 Å². The van der Waals surface area contributed by atoms with Gasteiger partial charge in [0.25, 0.3) is 5.69 Å². The Balaban J connectivity index is 2.10. The number of nitro groups is 1. The molecule has 0 aromatic heterocycles. The maximum Gasteiger partial charge on any atom is 0.270 e. The molecule has 0 saturated carbocycles. The Labute approximate surface area is 122 Å². The number of benzene rings is 2. The number of nitrogens with zero attached hydrogens (tertiary/aromatic N) is 1. The highest BCUT2D eigenvalue weighted by Crippen LogP contribution is 2.26. The fourth-order valence-corrected chi connectivity index (χ4v) is 2.16. The number of non-ortho nitro benzene ring substituents is 1. The molecule has 0 saturated heterocycles. The first kappa shape index (κ1) is 13.7. The van der Waals surface area contributed by atoms with Crippen LogP contribution in [0, 0.1) is 19.5 Å². The zero-order chi connectivity index (χ0) is 13.8. The Kier molecular flexibility index (Phi) is 4.31. The minimum atomic E-state index is -0.460. The average Bonchev–Trinajstić information content (AvgIpc) is 2.37. The van der Waals surface area contributed by atoms with Crippen LogP contribution in [-0.4, -0.2) is 4.92 Å². The molecule has 0 heterocycles. The topological polar surface area (TPSA) is 52.4 Å². The summed E-state index contributed by atoms with van der Waals surface area (Å²) in [6.07, 6.45) is 0. The Morgan fingerprint density at radius 1 is 1.26 bits per heavy atom. The van der Waals surface area contributed by atoms with E-state index in [1.807, 2.05) is 22.6 Å². The molecule has 0 radical (unpaired) electrons. The number of hydrogen-bond acceptors (Lipinski definition) is 3. The third kappa shape index (κ3) is 3.63. The van der Waals surface area contributed by atoms with Crippen LogP contribution in [0.5, 0.6) is 5.75 Å². The van der Waals surface area contributed by atoms with Crippen molar-refractivity contribution in [1.29, 1.82) is 0 Å². The minimum absolute atomic E-state index is 0.0162. The predicted octanol–water partition coefficient (Wildman–Crippen LogP) is 3.92. The van der Waals surface area contributed by atoms with Crippen molar-refractivity contribution in [3.63, 3.8) is 0 Å². The van der Waals surface area contributed by atoms with Gasteiger partial charge in [-0.1, -0.05) is 12.1 Å². The highest BCUT2D eigenvalue weighted by molar-refractivity contribution is 14.1. The second kappa shape index (κ2) is 5.96. The van der Waals surface area contributed by atoms with E-state index in [9.17, 15) is 14.5 Å². The summed E-state index contributed by atoms with van der Waals surface area (Å²) in [4.78, 5) is 10.1. The van der Waals surface area contributed by atoms with E-state index >= 15 is 0 Å². The van der Waals surface area contributed by atoms with Crippen molar-refractivity contribution in [2.75, 3.05) is 0 Å². The molecular weight excluding hydrogens is 364 g/mol. The van der Waals surface area contributed by atoms with Gasteiger partial charge in [-0.2, -0.15) is 0 Å². The van der Waals surface area contributed by atoms with Crippen molar-refractivity contribution in [2.24, 2.45) is 0 Å². The van der Waals surface area contributed by atoms with Crippen LogP contribution >= 0.6 is 22.6 Å². The molecule has 19 heavy (non-hydrogen) atoms. The highest BCUT2D eigenvalue weighted by Gasteiger charge is 2.10. The molecule has 0 aliphatic rings. The normalized spacial score (nSPS) is 10.2. The molecule has 4 nitrogen and oxygen atoms in total. The fraction of sp³-hybridized carbons (Fsp3) is 0.0769. The second-order valence-corrected chi connectivity index (χ2v) is 4.95. The van der Waals surface area contributed by atoms with E-state index < -0.39 is 4.92 Å². The molecule has 0 aliphatic carbocycles. The summed E-state index contributed by atoms with van der Waals surface area (Å²) in [5.74, 6) is 0.218. The fourth-order valence-electron chi connectivity index (χ4n) is 1.51. The van der Waals surface area contributed by atoms with E-state index in [4.69, 9.17) is 4.74 Å². The van der Waals surface area contributed by atoms with Crippen LogP contribution in [0.25, 0.3) is 0 Å². The van der Waals surface area contributed by atoms with Crippen LogP contribution < -0.4 is 4.74 Å². The number of rotatable bonds is 4. The Hall–Kier alpha value is -1.70. The van der Waals surface area contributed by atoms with Crippen molar-refractivity contribution in [1.82, 2.24) is 0 Å². The molecule has 98 valence electrons. The summed E-state index contributed by atoms with van der Waals surface area (Å²) in [6.45, 7) is 0.214. The lowest BCUT2D eigenvalue weighted by molar-refractivity contribution is -0.385. The van der Waals surface area contributed by atoms with Crippen LogP contribution in [0.3, 0.4) is 0 Å². The molecule has 2 rings (SSSR count). The maximum absolute atomic E-state index is 13.0. The minimum Gasteiger partial charge on any atom is -0.488 e. The molecule has 0 unspecified atom stereocenters. The molecule has 0 N–H and O–H groups in total. The average molecular weight is 373 g/mol. The first-order valence-corrected chi connectivity index (χ1v) is 6.45. The number of halogens is 2. The predicted molar refractivity (Wildman–Crippen MR) is 76.5 cm³/mol. The van der Waals surface area contributed by atoms with Gasteiger partial charge in [0.05, 0.1) is 8.49 Å². The standard InChI is InChI=1S/C13H9FINO3/c14-10-3-1-2-9(6-10)8-19-13-5-4-11(16(17)18)7-12(13)15/h1-7H,8H2. The first-order chi connectivity index (χ1) is 9.06. The van der Waals surface area contributed by atoms with Gasteiger partial charge in [-0.25, -0.2) is 4.39 Å². The molecule has 0 spiro atoms. The van der Waals surface area contributed by atoms with Gasteiger partial charge in [0.2, 0.25) is 0 Å². The summed E-state index contributed by atoms with van der Waals surface area (Å²) in [5.41, 5.74) is 0.719. The number of ether oxygens (including phenoxy) is 1. The van der Waals surface area contributed by atoms with E-state index in [1.165, 1.54) is 24.3 Å². The zero-order valence-corrected chi connectivity index (χ0v) is 11.8. The van der Waals surface area contributed by atoms with E-state index in [1.54, 1.807) is 18.2 Å². The molecular formula is C13H9FINO3. The molecule has 2 aromatic carbocycles. The molecule has 0 atom stereocenters. The van der Waals surface area contributed by atoms with Gasteiger partial charge >= 0.3 is 0 Å². The Bertz CT molecular complexity index is 619. The quantitative estimate of drug-likeness (QED) is 0.464. The van der Waals surface area contributed by atoms with E-state index in [0.717, 1.165) is 0 Å². The van der Waals surface area contributed by atoms with Gasteiger partial charge in [0.15, 0.2) is 0 Å². The van der Waals surface area contributed by atoms with Gasteiger partial charge in [0.1, 0.15) is 18.2 Å². The summed E-state index contributed by atoms with van der Waals surface area (Å²) >= 11 is 1.97. The largest absolute Gasteiger partial charge is 0.488 e. The molecule has 0 fully saturated rings. The molecule has 2 aromatic rings. The Morgan fingerprint density at radius 2 is 2.05 bits per heavy atom. The molecule has 6 heteroatoms. The van der Waals surface area contributed by atoms with Gasteiger partial charge in [-0.15, -0.1) is 0 Å². The second-order valence-electron chi connectivity index (χ2n) is 3.79. The van der Waals surface area contributed by atoms with Crippen LogP contribution in [0.15, 0.2) is 42.5 Å². The van der Waals surface area contributed by atoms with Crippen molar-refractivity contribution < 1.29 is 14.1 Å². The van der Waals surface area contributed by atoms with Crippen molar-refractivity contribution in [3.05, 3.63) is 67.5 Å². The van der Waals surface area contributed by atoms with Crippen molar-refractivity contribution in [2.45, 2.75) is 6.61 Å². The zero-order valence-electron chi connectivity index (χ0n) is 9.68.